The minimum Gasteiger partial charge on any atom is -0.373 e. The van der Waals surface area contributed by atoms with Crippen LogP contribution in [-0.2, 0) is 0 Å². The molecule has 3 heterocycles. The van der Waals surface area contributed by atoms with Gasteiger partial charge in [0.1, 0.15) is 13.1 Å². The molecule has 3 aliphatic rings. The van der Waals surface area contributed by atoms with Crippen LogP contribution in [0.2, 0.25) is 0 Å². The van der Waals surface area contributed by atoms with Crippen molar-refractivity contribution in [3.8, 4) is 0 Å². The predicted molar refractivity (Wildman–Crippen MR) is 171 cm³/mol. The lowest BCUT2D eigenvalue weighted by molar-refractivity contribution is -0.514. The van der Waals surface area contributed by atoms with E-state index in [0.29, 0.717) is 0 Å². The Morgan fingerprint density at radius 2 is 1.10 bits per heavy atom. The summed E-state index contributed by atoms with van der Waals surface area (Å²) in [5, 5.41) is 0. The van der Waals surface area contributed by atoms with E-state index < -0.39 is 0 Å². The molecule has 0 unspecified atom stereocenters. The van der Waals surface area contributed by atoms with Crippen molar-refractivity contribution in [1.82, 2.24) is 4.90 Å². The standard InChI is InChI=1S/C37H62N2/c1-2-6-10-14-18-22-30-38-32-25-29-37(35-38)27-21-17-13-9-5-3-7-11-15-19-23-31-39-33-24-28-36(34-39)26-20-16-12-8-4-1/h24-25,29,35H,1-23,26-27,30-32,34H2. The monoisotopic (exact) mass is 534 g/mol. The summed E-state index contributed by atoms with van der Waals surface area (Å²) >= 11 is 0. The van der Waals surface area contributed by atoms with E-state index in [0.717, 1.165) is 13.1 Å². The number of allylic oxidation sites excluding steroid dienone is 4. The van der Waals surface area contributed by atoms with Crippen LogP contribution in [-0.4, -0.2) is 41.5 Å². The van der Waals surface area contributed by atoms with Crippen molar-refractivity contribution < 1.29 is 4.58 Å². The molecule has 0 aromatic carbocycles. The van der Waals surface area contributed by atoms with Gasteiger partial charge in [-0.3, -0.25) is 4.58 Å². The van der Waals surface area contributed by atoms with Crippen LogP contribution in [0.25, 0.3) is 0 Å². The lowest BCUT2D eigenvalue weighted by atomic mass is 10.0. The zero-order chi connectivity index (χ0) is 27.1. The lowest BCUT2D eigenvalue weighted by Gasteiger charge is -2.23. The van der Waals surface area contributed by atoms with E-state index in [1.807, 2.05) is 6.08 Å². The van der Waals surface area contributed by atoms with Crippen LogP contribution < -0.4 is 0 Å². The minimum absolute atomic E-state index is 1.07. The summed E-state index contributed by atoms with van der Waals surface area (Å²) in [7, 11) is 0. The number of nitrogens with zero attached hydrogens (tertiary/aromatic N) is 2. The van der Waals surface area contributed by atoms with Crippen molar-refractivity contribution in [2.24, 2.45) is 0 Å². The van der Waals surface area contributed by atoms with Crippen molar-refractivity contribution in [3.05, 3.63) is 41.7 Å². The highest BCUT2D eigenvalue weighted by Crippen LogP contribution is 2.19. The highest BCUT2D eigenvalue weighted by molar-refractivity contribution is 5.49. The van der Waals surface area contributed by atoms with Gasteiger partial charge in [-0.15, -0.1) is 6.08 Å². The van der Waals surface area contributed by atoms with Crippen LogP contribution in [0.1, 0.15) is 161 Å². The van der Waals surface area contributed by atoms with Gasteiger partial charge >= 0.3 is 0 Å². The Labute approximate surface area is 243 Å². The maximum atomic E-state index is 3.49. The molecule has 0 fully saturated rings. The maximum absolute atomic E-state index is 3.49. The van der Waals surface area contributed by atoms with Crippen LogP contribution in [0.3, 0.4) is 0 Å². The van der Waals surface area contributed by atoms with Gasteiger partial charge < -0.3 is 4.90 Å². The Balaban J connectivity index is 1.30. The van der Waals surface area contributed by atoms with Crippen LogP contribution in [0.15, 0.2) is 35.6 Å². The van der Waals surface area contributed by atoms with Crippen LogP contribution in [0.4, 0.5) is 0 Å². The van der Waals surface area contributed by atoms with Crippen molar-refractivity contribution in [1.29, 1.82) is 0 Å². The molecule has 0 N–H and O–H groups in total. The zero-order valence-corrected chi connectivity index (χ0v) is 25.7. The highest BCUT2D eigenvalue weighted by Gasteiger charge is 2.07. The van der Waals surface area contributed by atoms with Crippen molar-refractivity contribution in [2.75, 3.05) is 26.2 Å². The lowest BCUT2D eigenvalue weighted by Crippen LogP contribution is -2.21. The van der Waals surface area contributed by atoms with Crippen molar-refractivity contribution in [2.45, 2.75) is 161 Å². The molecule has 0 radical (unpaired) electrons. The molecule has 0 spiro atoms. The fourth-order valence-electron chi connectivity index (χ4n) is 6.46. The van der Waals surface area contributed by atoms with Gasteiger partial charge in [0.05, 0.1) is 0 Å². The summed E-state index contributed by atoms with van der Waals surface area (Å²) in [5.74, 6) is 3.42. The Kier molecular flexibility index (Phi) is 18.2. The van der Waals surface area contributed by atoms with Gasteiger partial charge in [-0.25, -0.2) is 6.08 Å². The summed E-state index contributed by atoms with van der Waals surface area (Å²) in [6.07, 6.45) is 47.8. The van der Waals surface area contributed by atoms with E-state index >= 15 is 0 Å². The second kappa shape index (κ2) is 22.2. The number of rotatable bonds is 0. The third-order valence-electron chi connectivity index (χ3n) is 8.99. The largest absolute Gasteiger partial charge is 0.373 e. The molecule has 0 atom stereocenters. The molecule has 4 bridgehead atoms. The Morgan fingerprint density at radius 3 is 1.72 bits per heavy atom. The molecule has 0 saturated heterocycles. The third kappa shape index (κ3) is 16.4. The third-order valence-corrected chi connectivity index (χ3v) is 8.99. The fourth-order valence-corrected chi connectivity index (χ4v) is 6.46. The topological polar surface area (TPSA) is 6.25 Å². The van der Waals surface area contributed by atoms with E-state index in [1.165, 1.54) is 179 Å². The summed E-state index contributed by atoms with van der Waals surface area (Å²) in [6.45, 7) is 4.61. The maximum Gasteiger partial charge on any atom is 0.138 e. The van der Waals surface area contributed by atoms with E-state index in [9.17, 15) is 0 Å². The Hall–Kier alpha value is -1.53. The average molecular weight is 535 g/mol. The number of fused-ring (bicyclic) bond motifs is 3. The highest BCUT2D eigenvalue weighted by atomic mass is 15.1. The summed E-state index contributed by atoms with van der Waals surface area (Å²) in [6, 6.07) is 0. The van der Waals surface area contributed by atoms with E-state index in [-0.39, 0.29) is 0 Å². The number of hydrogen-bond acceptors (Lipinski definition) is 1. The van der Waals surface area contributed by atoms with Gasteiger partial charge in [-0.05, 0) is 37.7 Å². The summed E-state index contributed by atoms with van der Waals surface area (Å²) in [4.78, 5) is 2.56. The van der Waals surface area contributed by atoms with Crippen molar-refractivity contribution >= 4 is 5.87 Å². The smallest absolute Gasteiger partial charge is 0.138 e. The van der Waals surface area contributed by atoms with Gasteiger partial charge in [-0.2, -0.15) is 0 Å². The second-order valence-electron chi connectivity index (χ2n) is 12.7. The molecule has 3 rings (SSSR count). The molecule has 2 nitrogen and oxygen atoms in total. The fraction of sp³-hybridized carbons (Fsp3) is 0.784. The summed E-state index contributed by atoms with van der Waals surface area (Å²) in [5.41, 5.74) is 3.07. The SMILES string of the molecule is C1=C[C-]=C2CCCCCCCCCCCCCCN3C=C(C=CC3)CCCCCCCCCCCCC[N+]=1C2. The van der Waals surface area contributed by atoms with Crippen LogP contribution >= 0.6 is 0 Å². The Morgan fingerprint density at radius 1 is 0.590 bits per heavy atom. The quantitative estimate of drug-likeness (QED) is 0.221. The zero-order valence-electron chi connectivity index (χ0n) is 25.7. The molecular formula is C37H62N2. The molecule has 3 aliphatic heterocycles. The van der Waals surface area contributed by atoms with E-state index in [4.69, 9.17) is 0 Å². The molecule has 220 valence electrons. The molecule has 0 saturated carbocycles. The molecule has 0 amide bonds. The summed E-state index contributed by atoms with van der Waals surface area (Å²) < 4.78 is 2.41. The molecule has 39 heavy (non-hydrogen) atoms. The van der Waals surface area contributed by atoms with E-state index in [2.05, 4.69) is 39.8 Å². The van der Waals surface area contributed by atoms with Crippen LogP contribution in [0, 0.1) is 6.08 Å². The average Bonchev–Trinajstić information content (AvgIpc) is 2.95. The first-order valence-electron chi connectivity index (χ1n) is 17.5. The van der Waals surface area contributed by atoms with E-state index in [1.54, 1.807) is 5.57 Å². The van der Waals surface area contributed by atoms with Crippen molar-refractivity contribution in [3.63, 3.8) is 0 Å². The molecule has 2 heteroatoms. The van der Waals surface area contributed by atoms with Gasteiger partial charge in [0.2, 0.25) is 0 Å². The van der Waals surface area contributed by atoms with Crippen LogP contribution in [0.5, 0.6) is 0 Å². The van der Waals surface area contributed by atoms with Gasteiger partial charge in [0.15, 0.2) is 0 Å². The first-order valence-corrected chi connectivity index (χ1v) is 17.5. The predicted octanol–water partition coefficient (Wildman–Crippen LogP) is 10.5. The minimum atomic E-state index is 1.07. The van der Waals surface area contributed by atoms with Gasteiger partial charge in [-0.1, -0.05) is 146 Å². The normalized spacial score (nSPS) is 23.8. The molecule has 0 aromatic heterocycles. The molecule has 0 aromatic rings. The first kappa shape index (κ1) is 32.0. The first-order chi connectivity index (χ1) is 19.4. The van der Waals surface area contributed by atoms with Gasteiger partial charge in [0.25, 0.3) is 0 Å². The second-order valence-corrected chi connectivity index (χ2v) is 12.7. The van der Waals surface area contributed by atoms with Gasteiger partial charge in [0, 0.05) is 25.7 Å². The number of hydrogen-bond donors (Lipinski definition) is 0. The molecular weight excluding hydrogens is 472 g/mol. The molecule has 0 aliphatic carbocycles. The Bertz CT molecular complexity index is 779.